The molecule has 29 heavy (non-hydrogen) atoms. The molecule has 1 aromatic carbocycles. The molecule has 1 saturated heterocycles. The number of nitrogens with zero attached hydrogens (tertiary/aromatic N) is 1. The van der Waals surface area contributed by atoms with Crippen molar-refractivity contribution in [3.63, 3.8) is 0 Å². The van der Waals surface area contributed by atoms with Crippen molar-refractivity contribution in [3.8, 4) is 0 Å². The molecule has 1 atom stereocenters. The third-order valence-electron chi connectivity index (χ3n) is 5.21. The highest BCUT2D eigenvalue weighted by Crippen LogP contribution is 2.26. The van der Waals surface area contributed by atoms with E-state index in [1.54, 1.807) is 19.1 Å². The van der Waals surface area contributed by atoms with Crippen molar-refractivity contribution in [2.24, 2.45) is 5.92 Å². The van der Waals surface area contributed by atoms with Gasteiger partial charge >= 0.3 is 5.97 Å². The van der Waals surface area contributed by atoms with Crippen molar-refractivity contribution in [2.45, 2.75) is 58.8 Å². The van der Waals surface area contributed by atoms with Gasteiger partial charge in [-0.25, -0.2) is 0 Å². The third kappa shape index (κ3) is 7.04. The smallest absolute Gasteiger partial charge is 0.308 e. The average Bonchev–Trinajstić information content (AvgIpc) is 3.09. The van der Waals surface area contributed by atoms with E-state index in [1.165, 1.54) is 30.6 Å². The van der Waals surface area contributed by atoms with Crippen LogP contribution in [0.1, 0.15) is 64.4 Å². The molecule has 0 saturated carbocycles. The second-order valence-electron chi connectivity index (χ2n) is 7.69. The average molecular weight is 401 g/mol. The molecule has 158 valence electrons. The minimum absolute atomic E-state index is 0.0231. The molecular weight excluding hydrogens is 368 g/mol. The Balaban J connectivity index is 1.89. The standard InChI is InChI=1S/C23H32N2O4/c1-3-4-5-6-7-8-12-24-22(27)17(2)13-18-10-9-11-20(14-18)25-16-19(23(28)29)15-21(25)26/h9-11,13-14,19H,3-8,12,15-16H2,1-2H3,(H,24,27)(H,28,29). The third-order valence-corrected chi connectivity index (χ3v) is 5.21. The fourth-order valence-corrected chi connectivity index (χ4v) is 3.47. The van der Waals surface area contributed by atoms with E-state index in [9.17, 15) is 14.4 Å². The van der Waals surface area contributed by atoms with E-state index in [2.05, 4.69) is 12.2 Å². The maximum atomic E-state index is 12.3. The number of nitrogens with one attached hydrogen (secondary N) is 1. The molecule has 1 unspecified atom stereocenters. The minimum Gasteiger partial charge on any atom is -0.481 e. The van der Waals surface area contributed by atoms with Gasteiger partial charge in [0.2, 0.25) is 11.8 Å². The number of carbonyl (C=O) groups excluding carboxylic acids is 2. The predicted molar refractivity (Wildman–Crippen MR) is 115 cm³/mol. The Kier molecular flexibility index (Phi) is 8.90. The zero-order valence-corrected chi connectivity index (χ0v) is 17.4. The number of aliphatic carboxylic acids is 1. The van der Waals surface area contributed by atoms with Crippen LogP contribution in [-0.4, -0.2) is 36.0 Å². The molecule has 0 aromatic heterocycles. The first-order valence-corrected chi connectivity index (χ1v) is 10.5. The molecule has 1 fully saturated rings. The van der Waals surface area contributed by atoms with Gasteiger partial charge in [0.05, 0.1) is 5.92 Å². The summed E-state index contributed by atoms with van der Waals surface area (Å²) in [5.41, 5.74) is 2.07. The fourth-order valence-electron chi connectivity index (χ4n) is 3.47. The van der Waals surface area contributed by atoms with Gasteiger partial charge in [0, 0.05) is 30.8 Å². The molecule has 0 aliphatic carbocycles. The Morgan fingerprint density at radius 1 is 1.21 bits per heavy atom. The molecule has 1 aliphatic rings. The van der Waals surface area contributed by atoms with E-state index in [1.807, 2.05) is 18.2 Å². The summed E-state index contributed by atoms with van der Waals surface area (Å²) in [5.74, 6) is -1.90. The lowest BCUT2D eigenvalue weighted by atomic mass is 10.1. The second-order valence-corrected chi connectivity index (χ2v) is 7.69. The summed E-state index contributed by atoms with van der Waals surface area (Å²) in [5, 5.41) is 12.1. The van der Waals surface area contributed by atoms with Crippen molar-refractivity contribution < 1.29 is 19.5 Å². The topological polar surface area (TPSA) is 86.7 Å². The van der Waals surface area contributed by atoms with Crippen LogP contribution in [0.2, 0.25) is 0 Å². The predicted octanol–water partition coefficient (Wildman–Crippen LogP) is 4.00. The normalized spacial score (nSPS) is 16.9. The first-order valence-electron chi connectivity index (χ1n) is 10.5. The van der Waals surface area contributed by atoms with E-state index in [0.29, 0.717) is 17.8 Å². The molecule has 6 nitrogen and oxygen atoms in total. The van der Waals surface area contributed by atoms with Gasteiger partial charge in [-0.1, -0.05) is 51.2 Å². The van der Waals surface area contributed by atoms with Gasteiger partial charge in [0.1, 0.15) is 0 Å². The Hall–Kier alpha value is -2.63. The minimum atomic E-state index is -0.949. The first kappa shape index (κ1) is 22.7. The highest BCUT2D eigenvalue weighted by atomic mass is 16.4. The molecule has 0 spiro atoms. The van der Waals surface area contributed by atoms with E-state index < -0.39 is 11.9 Å². The van der Waals surface area contributed by atoms with Gasteiger partial charge in [-0.15, -0.1) is 0 Å². The molecular formula is C23H32N2O4. The summed E-state index contributed by atoms with van der Waals surface area (Å²) in [7, 11) is 0. The summed E-state index contributed by atoms with van der Waals surface area (Å²) in [6, 6.07) is 7.27. The number of rotatable bonds is 11. The maximum Gasteiger partial charge on any atom is 0.308 e. The van der Waals surface area contributed by atoms with E-state index in [4.69, 9.17) is 5.11 Å². The largest absolute Gasteiger partial charge is 0.481 e. The molecule has 1 heterocycles. The van der Waals surface area contributed by atoms with Crippen LogP contribution in [0.4, 0.5) is 5.69 Å². The highest BCUT2D eigenvalue weighted by Gasteiger charge is 2.35. The number of carboxylic acids is 1. The van der Waals surface area contributed by atoms with Crippen LogP contribution < -0.4 is 10.2 Å². The SMILES string of the molecule is CCCCCCCCNC(=O)C(C)=Cc1cccc(N2CC(C(=O)O)CC2=O)c1. The number of unbranched alkanes of at least 4 members (excludes halogenated alkanes) is 5. The van der Waals surface area contributed by atoms with Crippen molar-refractivity contribution in [3.05, 3.63) is 35.4 Å². The molecule has 1 aliphatic heterocycles. The fraction of sp³-hybridized carbons (Fsp3) is 0.522. The number of amides is 2. The lowest BCUT2D eigenvalue weighted by Crippen LogP contribution is -2.26. The number of carbonyl (C=O) groups is 3. The van der Waals surface area contributed by atoms with Gasteiger partial charge in [-0.05, 0) is 37.1 Å². The van der Waals surface area contributed by atoms with Crippen LogP contribution >= 0.6 is 0 Å². The van der Waals surface area contributed by atoms with Gasteiger partial charge in [-0.2, -0.15) is 0 Å². The van der Waals surface area contributed by atoms with Crippen LogP contribution in [-0.2, 0) is 14.4 Å². The van der Waals surface area contributed by atoms with Gasteiger partial charge in [-0.3, -0.25) is 14.4 Å². The van der Waals surface area contributed by atoms with Gasteiger partial charge in [0.25, 0.3) is 0 Å². The summed E-state index contributed by atoms with van der Waals surface area (Å²) in [6.45, 7) is 4.82. The van der Waals surface area contributed by atoms with Crippen molar-refractivity contribution in [2.75, 3.05) is 18.0 Å². The Labute approximate surface area is 173 Å². The van der Waals surface area contributed by atoms with Gasteiger partial charge in [0.15, 0.2) is 0 Å². The molecule has 2 N–H and O–H groups in total. The Morgan fingerprint density at radius 3 is 2.62 bits per heavy atom. The molecule has 0 bridgehead atoms. The number of benzene rings is 1. The number of hydrogen-bond donors (Lipinski definition) is 2. The number of anilines is 1. The van der Waals surface area contributed by atoms with Crippen molar-refractivity contribution >= 4 is 29.5 Å². The molecule has 0 radical (unpaired) electrons. The van der Waals surface area contributed by atoms with Crippen LogP contribution in [0.5, 0.6) is 0 Å². The summed E-state index contributed by atoms with van der Waals surface area (Å²) < 4.78 is 0. The number of carboxylic acid groups (broad SMARTS) is 1. The summed E-state index contributed by atoms with van der Waals surface area (Å²) >= 11 is 0. The van der Waals surface area contributed by atoms with Crippen LogP contribution in [0.25, 0.3) is 6.08 Å². The Bertz CT molecular complexity index is 757. The molecule has 2 rings (SSSR count). The highest BCUT2D eigenvalue weighted by molar-refractivity contribution is 6.00. The second kappa shape index (κ2) is 11.4. The van der Waals surface area contributed by atoms with Crippen LogP contribution in [0, 0.1) is 5.92 Å². The zero-order valence-electron chi connectivity index (χ0n) is 17.4. The lowest BCUT2D eigenvalue weighted by molar-refractivity contribution is -0.141. The van der Waals surface area contributed by atoms with Crippen molar-refractivity contribution in [1.29, 1.82) is 0 Å². The van der Waals surface area contributed by atoms with E-state index in [-0.39, 0.29) is 24.8 Å². The zero-order chi connectivity index (χ0) is 21.2. The van der Waals surface area contributed by atoms with Crippen LogP contribution in [0.15, 0.2) is 29.8 Å². The van der Waals surface area contributed by atoms with Gasteiger partial charge < -0.3 is 15.3 Å². The monoisotopic (exact) mass is 400 g/mol. The molecule has 2 amide bonds. The Morgan fingerprint density at radius 2 is 1.93 bits per heavy atom. The molecule has 1 aromatic rings. The van der Waals surface area contributed by atoms with E-state index in [0.717, 1.165) is 18.4 Å². The first-order chi connectivity index (χ1) is 13.9. The van der Waals surface area contributed by atoms with Crippen molar-refractivity contribution in [1.82, 2.24) is 5.32 Å². The number of hydrogen-bond acceptors (Lipinski definition) is 3. The lowest BCUT2D eigenvalue weighted by Gasteiger charge is -2.16. The van der Waals surface area contributed by atoms with Crippen LogP contribution in [0.3, 0.4) is 0 Å². The quantitative estimate of drug-likeness (QED) is 0.434. The maximum absolute atomic E-state index is 12.3. The summed E-state index contributed by atoms with van der Waals surface area (Å²) in [4.78, 5) is 37.1. The summed E-state index contributed by atoms with van der Waals surface area (Å²) in [6.07, 6.45) is 8.90. The molecule has 6 heteroatoms. The van der Waals surface area contributed by atoms with E-state index >= 15 is 0 Å².